The molecule has 200 valence electrons. The Hall–Kier alpha value is -3.26. The maximum Gasteiger partial charge on any atom is 0.420 e. The van der Waals surface area contributed by atoms with Crippen LogP contribution in [-0.4, -0.2) is 25.7 Å². The van der Waals surface area contributed by atoms with Crippen molar-refractivity contribution in [2.45, 2.75) is 45.8 Å². The van der Waals surface area contributed by atoms with Gasteiger partial charge < -0.3 is 10.1 Å². The third-order valence-corrected chi connectivity index (χ3v) is 7.40. The van der Waals surface area contributed by atoms with Gasteiger partial charge >= 0.3 is 6.09 Å². The van der Waals surface area contributed by atoms with Gasteiger partial charge in [-0.2, -0.15) is 8.42 Å². The molecule has 0 bridgehead atoms. The molecule has 1 N–H and O–H groups in total. The largest absolute Gasteiger partial charge is 0.443 e. The van der Waals surface area contributed by atoms with Gasteiger partial charge in [-0.3, -0.25) is 0 Å². The molecule has 1 aliphatic heterocycles. The first-order valence-electron chi connectivity index (χ1n) is 10.6. The monoisotopic (exact) mass is 563 g/mol. The average Bonchev–Trinajstić information content (AvgIpc) is 3.25. The first-order chi connectivity index (χ1) is 17.2. The highest BCUT2D eigenvalue weighted by atomic mass is 32.9. The number of anilines is 2. The number of hydrogen-bond donors (Lipinski definition) is 1. The van der Waals surface area contributed by atoms with E-state index in [1.54, 1.807) is 0 Å². The Morgan fingerprint density at radius 2 is 1.70 bits per heavy atom. The fourth-order valence-corrected chi connectivity index (χ4v) is 4.91. The van der Waals surface area contributed by atoms with Crippen molar-refractivity contribution in [1.29, 1.82) is 0 Å². The van der Waals surface area contributed by atoms with E-state index in [-0.39, 0.29) is 17.1 Å². The van der Waals surface area contributed by atoms with Gasteiger partial charge in [-0.05, 0) is 52.0 Å². The summed E-state index contributed by atoms with van der Waals surface area (Å²) in [5.74, 6) is -3.67. The second-order valence-electron chi connectivity index (χ2n) is 8.80. The van der Waals surface area contributed by atoms with E-state index in [0.29, 0.717) is 4.90 Å². The van der Waals surface area contributed by atoms with Crippen molar-refractivity contribution in [3.8, 4) is 0 Å². The van der Waals surface area contributed by atoms with Crippen LogP contribution in [0.3, 0.4) is 0 Å². The normalized spacial score (nSPS) is 15.9. The van der Waals surface area contributed by atoms with E-state index in [0.717, 1.165) is 41.3 Å². The second-order valence-corrected chi connectivity index (χ2v) is 12.3. The number of amides is 1. The Morgan fingerprint density at radius 1 is 1.08 bits per heavy atom. The van der Waals surface area contributed by atoms with Gasteiger partial charge in [0, 0.05) is 31.7 Å². The van der Waals surface area contributed by atoms with Gasteiger partial charge in [0.1, 0.15) is 17.1 Å². The number of nitrogens with zero attached hydrogens (tertiary/aromatic N) is 2. The van der Waals surface area contributed by atoms with E-state index < -0.39 is 71.6 Å². The fraction of sp³-hybridized carbons (Fsp3) is 0.304. The van der Waals surface area contributed by atoms with Crippen molar-refractivity contribution in [3.05, 3.63) is 70.1 Å². The number of carbonyl (C=O) groups excluding carboxylic acids is 1. The van der Waals surface area contributed by atoms with Crippen LogP contribution >= 0.6 is 0 Å². The molecule has 0 saturated heterocycles. The van der Waals surface area contributed by atoms with E-state index in [2.05, 4.69) is 10.3 Å². The molecule has 0 spiro atoms. The Bertz CT molecular complexity index is 1410. The first-order valence-corrected chi connectivity index (χ1v) is 13.6. The molecule has 7 nitrogen and oxygen atoms in total. The lowest BCUT2D eigenvalue weighted by Gasteiger charge is -2.27. The van der Waals surface area contributed by atoms with Gasteiger partial charge in [0.05, 0.1) is 11.6 Å². The van der Waals surface area contributed by atoms with Crippen LogP contribution in [0.15, 0.2) is 46.6 Å². The maximum absolute atomic E-state index is 15.3. The molecule has 0 aliphatic carbocycles. The SMILES string of the molecule is CC(Nc1cc(F)c(N(C(=O)OC(C)(C)C)C2=C[S@](=S(=O)=O)C=N2)c(F)c1)c1cc(C(F)F)ccc1F. The highest BCUT2D eigenvalue weighted by molar-refractivity contribution is 8.42. The van der Waals surface area contributed by atoms with Crippen molar-refractivity contribution < 1.29 is 39.9 Å². The summed E-state index contributed by atoms with van der Waals surface area (Å²) in [4.78, 5) is 17.2. The van der Waals surface area contributed by atoms with E-state index in [1.807, 2.05) is 0 Å². The first kappa shape index (κ1) is 28.3. The zero-order valence-electron chi connectivity index (χ0n) is 19.9. The van der Waals surface area contributed by atoms with Gasteiger partial charge in [-0.15, -0.1) is 0 Å². The van der Waals surface area contributed by atoms with Crippen molar-refractivity contribution in [1.82, 2.24) is 0 Å². The molecular weight excluding hydrogens is 541 g/mol. The summed E-state index contributed by atoms with van der Waals surface area (Å²) in [6.07, 6.45) is -4.05. The topological polar surface area (TPSA) is 88.1 Å². The number of nitrogens with one attached hydrogen (secondary N) is 1. The predicted molar refractivity (Wildman–Crippen MR) is 131 cm³/mol. The lowest BCUT2D eigenvalue weighted by atomic mass is 10.0. The summed E-state index contributed by atoms with van der Waals surface area (Å²) in [6, 6.07) is 3.41. The number of aliphatic imine (C=N–C) groups is 1. The van der Waals surface area contributed by atoms with Gasteiger partial charge in [-0.25, -0.2) is 36.6 Å². The summed E-state index contributed by atoms with van der Waals surface area (Å²) in [5.41, 5.74) is -1.70. The molecule has 2 atom stereocenters. The Kier molecular flexibility index (Phi) is 8.42. The number of halogens is 5. The van der Waals surface area contributed by atoms with Gasteiger partial charge in [0.15, 0.2) is 17.5 Å². The smallest absolute Gasteiger partial charge is 0.420 e. The van der Waals surface area contributed by atoms with Crippen LogP contribution in [0.25, 0.3) is 0 Å². The van der Waals surface area contributed by atoms with Crippen LogP contribution in [0.4, 0.5) is 38.1 Å². The number of benzene rings is 2. The lowest BCUT2D eigenvalue weighted by Crippen LogP contribution is -2.37. The molecule has 0 saturated carbocycles. The molecule has 1 aliphatic rings. The molecule has 0 aromatic heterocycles. The fourth-order valence-electron chi connectivity index (χ4n) is 3.28. The molecule has 2 aromatic rings. The lowest BCUT2D eigenvalue weighted by molar-refractivity contribution is 0.0590. The standard InChI is InChI=1S/C23H22F5N3O4S2/c1-12(15-7-13(21(27)28)5-6-16(15)24)30-14-8-17(25)20(18(26)9-14)31(22(32)35-23(2,3)4)19-10-36(11-29-19)37(33)34/h5-12,21,30H,1-4H3/t12?,36-/m0/s1. The Morgan fingerprint density at radius 3 is 2.22 bits per heavy atom. The molecule has 0 radical (unpaired) electrons. The summed E-state index contributed by atoms with van der Waals surface area (Å²) in [7, 11) is -4.14. The highest BCUT2D eigenvalue weighted by Crippen LogP contribution is 2.34. The summed E-state index contributed by atoms with van der Waals surface area (Å²) >= 11 is 0. The molecule has 3 rings (SSSR count). The molecule has 14 heteroatoms. The zero-order chi connectivity index (χ0) is 27.7. The van der Waals surface area contributed by atoms with Crippen LogP contribution in [0.1, 0.15) is 51.3 Å². The molecule has 1 amide bonds. The third-order valence-electron chi connectivity index (χ3n) is 4.83. The highest BCUT2D eigenvalue weighted by Gasteiger charge is 2.32. The number of rotatable bonds is 6. The number of hydrogen-bond acceptors (Lipinski definition) is 6. The van der Waals surface area contributed by atoms with Crippen LogP contribution in [0, 0.1) is 17.5 Å². The minimum absolute atomic E-state index is 0.152. The van der Waals surface area contributed by atoms with Crippen molar-refractivity contribution in [2.24, 2.45) is 4.99 Å². The summed E-state index contributed by atoms with van der Waals surface area (Å²) in [6.45, 7) is 5.98. The molecule has 0 fully saturated rings. The Balaban J connectivity index is 2.02. The van der Waals surface area contributed by atoms with E-state index >= 15 is 8.78 Å². The zero-order valence-corrected chi connectivity index (χ0v) is 21.6. The van der Waals surface area contributed by atoms with Crippen molar-refractivity contribution in [3.63, 3.8) is 0 Å². The van der Waals surface area contributed by atoms with Crippen LogP contribution < -0.4 is 10.2 Å². The molecule has 1 heterocycles. The van der Waals surface area contributed by atoms with Gasteiger partial charge in [0.2, 0.25) is 9.26 Å². The number of ether oxygens (including phenoxy) is 1. The van der Waals surface area contributed by atoms with Crippen LogP contribution in [0.5, 0.6) is 0 Å². The minimum atomic E-state index is -2.84. The summed E-state index contributed by atoms with van der Waals surface area (Å²) in [5, 5.41) is 3.69. The maximum atomic E-state index is 15.3. The number of alkyl halides is 2. The minimum Gasteiger partial charge on any atom is -0.443 e. The van der Waals surface area contributed by atoms with Crippen molar-refractivity contribution in [2.75, 3.05) is 10.2 Å². The predicted octanol–water partition coefficient (Wildman–Crippen LogP) is 6.21. The van der Waals surface area contributed by atoms with E-state index in [4.69, 9.17) is 4.74 Å². The molecule has 2 aromatic carbocycles. The van der Waals surface area contributed by atoms with Crippen molar-refractivity contribution >= 4 is 41.7 Å². The second kappa shape index (κ2) is 11.0. The Labute approximate surface area is 212 Å². The van der Waals surface area contributed by atoms with Crippen LogP contribution in [0.2, 0.25) is 0 Å². The molecule has 37 heavy (non-hydrogen) atoms. The van der Waals surface area contributed by atoms with Crippen LogP contribution in [-0.2, 0) is 23.5 Å². The van der Waals surface area contributed by atoms with E-state index in [1.165, 1.54) is 27.7 Å². The molecular formula is C23H22F5N3O4S2. The van der Waals surface area contributed by atoms with E-state index in [9.17, 15) is 26.4 Å². The molecule has 1 unspecified atom stereocenters. The van der Waals surface area contributed by atoms with Gasteiger partial charge in [-0.1, -0.05) is 6.07 Å². The average molecular weight is 564 g/mol. The quantitative estimate of drug-likeness (QED) is 0.423. The summed E-state index contributed by atoms with van der Waals surface area (Å²) < 4.78 is 98.7. The number of carbonyl (C=O) groups is 1. The van der Waals surface area contributed by atoms with Gasteiger partial charge in [0.25, 0.3) is 6.43 Å². The third kappa shape index (κ3) is 6.74.